The van der Waals surface area contributed by atoms with Gasteiger partial charge in [0.15, 0.2) is 0 Å². The van der Waals surface area contributed by atoms with E-state index in [0.717, 1.165) is 4.88 Å². The number of rotatable bonds is 4. The number of hydrogen-bond donors (Lipinski definition) is 1. The Hall–Kier alpha value is -1.46. The lowest BCUT2D eigenvalue weighted by Gasteiger charge is -1.97. The third-order valence-electron chi connectivity index (χ3n) is 2.57. The predicted octanol–water partition coefficient (Wildman–Crippen LogP) is 4.01. The van der Waals surface area contributed by atoms with Crippen molar-refractivity contribution in [1.29, 1.82) is 0 Å². The Labute approximate surface area is 121 Å². The number of carbonyl (C=O) groups is 1. The fourth-order valence-electron chi connectivity index (χ4n) is 1.52. The summed E-state index contributed by atoms with van der Waals surface area (Å²) >= 11 is 3.25. The van der Waals surface area contributed by atoms with E-state index in [1.165, 1.54) is 9.75 Å². The maximum atomic E-state index is 11.9. The topological polar surface area (TPSA) is 41.5 Å². The number of hydrogen-bond acceptors (Lipinski definition) is 4. The molecular formula is C14H16N2OS2. The second-order valence-electron chi connectivity index (χ2n) is 4.54. The molecule has 1 N–H and O–H groups in total. The van der Waals surface area contributed by atoms with E-state index < -0.39 is 0 Å². The first kappa shape index (κ1) is 14.0. The van der Waals surface area contributed by atoms with Crippen molar-refractivity contribution in [2.75, 3.05) is 0 Å². The molecule has 3 nitrogen and oxygen atoms in total. The van der Waals surface area contributed by atoms with Gasteiger partial charge in [-0.05, 0) is 31.0 Å². The van der Waals surface area contributed by atoms with Crippen molar-refractivity contribution < 1.29 is 4.79 Å². The Bertz CT molecular complexity index is 596. The smallest absolute Gasteiger partial charge is 0.267 e. The van der Waals surface area contributed by atoms with Crippen LogP contribution in [0, 0.1) is 6.92 Å². The molecule has 0 aliphatic rings. The molecule has 5 heteroatoms. The Kier molecular flexibility index (Phi) is 4.50. The summed E-state index contributed by atoms with van der Waals surface area (Å²) in [7, 11) is 0. The minimum atomic E-state index is -0.160. The summed E-state index contributed by atoms with van der Waals surface area (Å²) < 4.78 is 0. The predicted molar refractivity (Wildman–Crippen MR) is 82.5 cm³/mol. The van der Waals surface area contributed by atoms with Crippen molar-refractivity contribution >= 4 is 34.8 Å². The number of nitrogens with one attached hydrogen (secondary N) is 1. The number of thiophene rings is 2. The first-order valence-electron chi connectivity index (χ1n) is 6.04. The van der Waals surface area contributed by atoms with Gasteiger partial charge >= 0.3 is 0 Å². The minimum Gasteiger partial charge on any atom is -0.267 e. The molecule has 0 aliphatic carbocycles. The molecule has 1 amide bonds. The summed E-state index contributed by atoms with van der Waals surface area (Å²) in [5.41, 5.74) is 3.23. The maximum absolute atomic E-state index is 11.9. The Balaban J connectivity index is 1.95. The highest BCUT2D eigenvalue weighted by Gasteiger charge is 2.09. The monoisotopic (exact) mass is 292 g/mol. The zero-order valence-electron chi connectivity index (χ0n) is 11.1. The molecule has 0 unspecified atom stereocenters. The van der Waals surface area contributed by atoms with Gasteiger partial charge in [-0.15, -0.1) is 22.7 Å². The van der Waals surface area contributed by atoms with Crippen LogP contribution in [0.4, 0.5) is 0 Å². The molecule has 2 aromatic rings. The third-order valence-corrected chi connectivity index (χ3v) is 4.74. The minimum absolute atomic E-state index is 0.160. The quantitative estimate of drug-likeness (QED) is 0.671. The van der Waals surface area contributed by atoms with Gasteiger partial charge in [-0.1, -0.05) is 13.8 Å². The third kappa shape index (κ3) is 3.75. The molecule has 0 saturated heterocycles. The van der Waals surface area contributed by atoms with E-state index in [-0.39, 0.29) is 5.91 Å². The van der Waals surface area contributed by atoms with Crippen LogP contribution in [0.15, 0.2) is 28.7 Å². The van der Waals surface area contributed by atoms with E-state index in [2.05, 4.69) is 24.4 Å². The fourth-order valence-corrected chi connectivity index (χ4v) is 3.17. The first-order valence-corrected chi connectivity index (χ1v) is 7.74. The van der Waals surface area contributed by atoms with Gasteiger partial charge < -0.3 is 0 Å². The molecule has 2 rings (SSSR count). The van der Waals surface area contributed by atoms with Crippen LogP contribution in [0.3, 0.4) is 0 Å². The van der Waals surface area contributed by atoms with Crippen LogP contribution in [0.5, 0.6) is 0 Å². The average molecular weight is 292 g/mol. The first-order chi connectivity index (χ1) is 9.06. The Morgan fingerprint density at radius 2 is 2.21 bits per heavy atom. The Morgan fingerprint density at radius 1 is 1.42 bits per heavy atom. The summed E-state index contributed by atoms with van der Waals surface area (Å²) in [4.78, 5) is 15.3. The lowest BCUT2D eigenvalue weighted by atomic mass is 10.1. The maximum Gasteiger partial charge on any atom is 0.272 e. The number of aryl methyl sites for hydroxylation is 1. The van der Waals surface area contributed by atoms with E-state index in [1.54, 1.807) is 28.9 Å². The Morgan fingerprint density at radius 3 is 2.79 bits per heavy atom. The second-order valence-corrected chi connectivity index (χ2v) is 6.80. The highest BCUT2D eigenvalue weighted by atomic mass is 32.1. The molecular weight excluding hydrogens is 276 g/mol. The van der Waals surface area contributed by atoms with Crippen molar-refractivity contribution in [3.63, 3.8) is 0 Å². The van der Waals surface area contributed by atoms with Crippen LogP contribution in [0.25, 0.3) is 0 Å². The lowest BCUT2D eigenvalue weighted by molar-refractivity contribution is 0.0955. The highest BCUT2D eigenvalue weighted by Crippen LogP contribution is 2.22. The molecule has 0 fully saturated rings. The molecule has 0 spiro atoms. The molecule has 0 aliphatic heterocycles. The van der Waals surface area contributed by atoms with Gasteiger partial charge in [0.1, 0.15) is 0 Å². The lowest BCUT2D eigenvalue weighted by Crippen LogP contribution is -2.16. The largest absolute Gasteiger partial charge is 0.272 e. The van der Waals surface area contributed by atoms with E-state index >= 15 is 0 Å². The van der Waals surface area contributed by atoms with E-state index in [1.807, 2.05) is 30.5 Å². The molecule has 0 bridgehead atoms. The normalized spacial score (nSPS) is 11.4. The van der Waals surface area contributed by atoms with Crippen molar-refractivity contribution in [2.24, 2.45) is 5.10 Å². The van der Waals surface area contributed by atoms with Crippen molar-refractivity contribution in [1.82, 2.24) is 5.43 Å². The van der Waals surface area contributed by atoms with Crippen LogP contribution in [0.2, 0.25) is 0 Å². The van der Waals surface area contributed by atoms with Gasteiger partial charge in [0.25, 0.3) is 5.91 Å². The molecule has 0 saturated carbocycles. The molecule has 19 heavy (non-hydrogen) atoms. The van der Waals surface area contributed by atoms with Gasteiger partial charge in [0, 0.05) is 20.0 Å². The zero-order valence-corrected chi connectivity index (χ0v) is 12.8. The summed E-state index contributed by atoms with van der Waals surface area (Å²) in [6.07, 6.45) is 1.67. The van der Waals surface area contributed by atoms with Gasteiger partial charge in [-0.3, -0.25) is 4.79 Å². The van der Waals surface area contributed by atoms with Crippen LogP contribution in [0.1, 0.15) is 44.8 Å². The average Bonchev–Trinajstić information content (AvgIpc) is 2.98. The van der Waals surface area contributed by atoms with Crippen LogP contribution in [-0.2, 0) is 0 Å². The van der Waals surface area contributed by atoms with Crippen molar-refractivity contribution in [3.8, 4) is 0 Å². The zero-order chi connectivity index (χ0) is 13.8. The molecule has 0 aromatic carbocycles. The second kappa shape index (κ2) is 6.12. The van der Waals surface area contributed by atoms with Crippen LogP contribution in [-0.4, -0.2) is 12.1 Å². The summed E-state index contributed by atoms with van der Waals surface area (Å²) in [6.45, 7) is 6.27. The van der Waals surface area contributed by atoms with Gasteiger partial charge in [-0.25, -0.2) is 5.43 Å². The molecule has 0 atom stereocenters. The van der Waals surface area contributed by atoms with E-state index in [0.29, 0.717) is 11.5 Å². The summed E-state index contributed by atoms with van der Waals surface area (Å²) in [5, 5.41) is 5.85. The molecule has 0 radical (unpaired) electrons. The SMILES string of the molecule is Cc1ccc(/C=N/NC(=O)c2csc(C(C)C)c2)s1. The van der Waals surface area contributed by atoms with E-state index in [9.17, 15) is 4.79 Å². The number of nitrogens with zero attached hydrogens (tertiary/aromatic N) is 1. The van der Waals surface area contributed by atoms with Crippen molar-refractivity contribution in [2.45, 2.75) is 26.7 Å². The van der Waals surface area contributed by atoms with E-state index in [4.69, 9.17) is 0 Å². The van der Waals surface area contributed by atoms with Crippen LogP contribution < -0.4 is 5.43 Å². The fraction of sp³-hybridized carbons (Fsp3) is 0.286. The molecule has 100 valence electrons. The van der Waals surface area contributed by atoms with Crippen LogP contribution >= 0.6 is 22.7 Å². The van der Waals surface area contributed by atoms with Gasteiger partial charge in [0.05, 0.1) is 11.8 Å². The number of hydrazone groups is 1. The van der Waals surface area contributed by atoms with Gasteiger partial charge in [-0.2, -0.15) is 5.10 Å². The van der Waals surface area contributed by atoms with Gasteiger partial charge in [0.2, 0.25) is 0 Å². The number of amides is 1. The standard InChI is InChI=1S/C14H16N2OS2/c1-9(2)13-6-11(8-18-13)14(17)16-15-7-12-5-4-10(3)19-12/h4-9H,1-3H3,(H,16,17)/b15-7+. The molecule has 2 aromatic heterocycles. The summed E-state index contributed by atoms with van der Waals surface area (Å²) in [5.74, 6) is 0.289. The van der Waals surface area contributed by atoms with Crippen molar-refractivity contribution in [3.05, 3.63) is 43.8 Å². The summed E-state index contributed by atoms with van der Waals surface area (Å²) in [6, 6.07) is 5.94. The molecule has 2 heterocycles. The number of carbonyl (C=O) groups excluding carboxylic acids is 1. The highest BCUT2D eigenvalue weighted by molar-refractivity contribution is 7.13.